The molecule has 0 saturated carbocycles. The molecule has 1 N–H and O–H groups in total. The largest absolute Gasteiger partial charge is 0.493 e. The van der Waals surface area contributed by atoms with Crippen LogP contribution in [0.15, 0.2) is 48.8 Å². The molecule has 0 atom stereocenters. The highest BCUT2D eigenvalue weighted by atomic mass is 16.5. The maximum Gasteiger partial charge on any atom is 0.222 e. The van der Waals surface area contributed by atoms with Gasteiger partial charge in [-0.3, -0.25) is 4.79 Å². The monoisotopic (exact) mass is 488 g/mol. The third-order valence-electron chi connectivity index (χ3n) is 6.21. The van der Waals surface area contributed by atoms with Gasteiger partial charge in [-0.2, -0.15) is 0 Å². The standard InChI is InChI=1S/C26H28N6O4/c1-34-19-14-18(15-20(35-2)23(19)36-3)28-25-22-26(30-24(29-25)17-8-5-4-6-9-17)32(16-27-22)13-12-31-11-7-10-21(31)33/h4-6,8-9,14-16H,7,10-13H2,1-3H3,(H,28,29,30). The number of fused-ring (bicyclic) bond motifs is 1. The molecular formula is C26H28N6O4. The molecule has 0 radical (unpaired) electrons. The molecule has 3 heterocycles. The van der Waals surface area contributed by atoms with Gasteiger partial charge in [-0.25, -0.2) is 15.0 Å². The quantitative estimate of drug-likeness (QED) is 0.379. The third-order valence-corrected chi connectivity index (χ3v) is 6.21. The fraction of sp³-hybridized carbons (Fsp3) is 0.308. The van der Waals surface area contributed by atoms with Gasteiger partial charge in [-0.15, -0.1) is 0 Å². The van der Waals surface area contributed by atoms with E-state index in [0.717, 1.165) is 18.5 Å². The van der Waals surface area contributed by atoms with Crippen molar-refractivity contribution in [2.45, 2.75) is 19.4 Å². The smallest absolute Gasteiger partial charge is 0.222 e. The van der Waals surface area contributed by atoms with E-state index in [9.17, 15) is 4.79 Å². The molecule has 1 amide bonds. The first-order valence-corrected chi connectivity index (χ1v) is 11.7. The van der Waals surface area contributed by atoms with Crippen LogP contribution in [0.4, 0.5) is 11.5 Å². The van der Waals surface area contributed by atoms with Crippen molar-refractivity contribution in [2.24, 2.45) is 0 Å². The number of amides is 1. The van der Waals surface area contributed by atoms with Gasteiger partial charge < -0.3 is 29.0 Å². The zero-order valence-corrected chi connectivity index (χ0v) is 20.5. The molecule has 1 aliphatic rings. The first-order valence-electron chi connectivity index (χ1n) is 11.7. The summed E-state index contributed by atoms with van der Waals surface area (Å²) in [7, 11) is 4.71. The molecule has 1 saturated heterocycles. The topological polar surface area (TPSA) is 104 Å². The van der Waals surface area contributed by atoms with Crippen molar-refractivity contribution in [3.05, 3.63) is 48.8 Å². The van der Waals surface area contributed by atoms with Crippen LogP contribution in [0.2, 0.25) is 0 Å². The predicted molar refractivity (Wildman–Crippen MR) is 136 cm³/mol. The van der Waals surface area contributed by atoms with E-state index >= 15 is 0 Å². The van der Waals surface area contributed by atoms with Gasteiger partial charge in [0.1, 0.15) is 0 Å². The maximum atomic E-state index is 12.1. The van der Waals surface area contributed by atoms with Gasteiger partial charge in [0.2, 0.25) is 11.7 Å². The average molecular weight is 489 g/mol. The van der Waals surface area contributed by atoms with Crippen LogP contribution in [0.5, 0.6) is 17.2 Å². The number of nitrogens with zero attached hydrogens (tertiary/aromatic N) is 5. The van der Waals surface area contributed by atoms with Crippen LogP contribution in [-0.4, -0.2) is 64.7 Å². The van der Waals surface area contributed by atoms with E-state index in [1.807, 2.05) is 51.9 Å². The lowest BCUT2D eigenvalue weighted by atomic mass is 10.2. The Morgan fingerprint density at radius 3 is 2.36 bits per heavy atom. The number of nitrogens with one attached hydrogen (secondary N) is 1. The summed E-state index contributed by atoms with van der Waals surface area (Å²) >= 11 is 0. The van der Waals surface area contributed by atoms with Crippen molar-refractivity contribution >= 4 is 28.6 Å². The molecule has 4 aromatic rings. The summed E-state index contributed by atoms with van der Waals surface area (Å²) in [6.07, 6.45) is 3.27. The molecule has 2 aromatic heterocycles. The predicted octanol–water partition coefficient (Wildman–Crippen LogP) is 3.89. The van der Waals surface area contributed by atoms with Crippen molar-refractivity contribution in [3.8, 4) is 28.6 Å². The van der Waals surface area contributed by atoms with E-state index in [0.29, 0.717) is 65.3 Å². The molecule has 186 valence electrons. The molecule has 0 spiro atoms. The normalized spacial score (nSPS) is 13.3. The van der Waals surface area contributed by atoms with Crippen LogP contribution in [-0.2, 0) is 11.3 Å². The van der Waals surface area contributed by atoms with Crippen molar-refractivity contribution in [3.63, 3.8) is 0 Å². The van der Waals surface area contributed by atoms with Gasteiger partial charge in [-0.1, -0.05) is 30.3 Å². The van der Waals surface area contributed by atoms with Gasteiger partial charge in [-0.05, 0) is 6.42 Å². The van der Waals surface area contributed by atoms with Gasteiger partial charge in [0.05, 0.1) is 27.7 Å². The van der Waals surface area contributed by atoms with E-state index in [2.05, 4.69) is 10.3 Å². The second kappa shape index (κ2) is 10.1. The first kappa shape index (κ1) is 23.4. The van der Waals surface area contributed by atoms with Crippen LogP contribution in [0.25, 0.3) is 22.6 Å². The number of benzene rings is 2. The number of carbonyl (C=O) groups excluding carboxylic acids is 1. The Balaban J connectivity index is 1.56. The number of aromatic nitrogens is 4. The Labute approximate surface area is 208 Å². The molecule has 1 fully saturated rings. The minimum Gasteiger partial charge on any atom is -0.493 e. The Morgan fingerprint density at radius 2 is 1.72 bits per heavy atom. The number of hydrogen-bond acceptors (Lipinski definition) is 8. The molecular weight excluding hydrogens is 460 g/mol. The average Bonchev–Trinajstić information content (AvgIpc) is 3.52. The summed E-state index contributed by atoms with van der Waals surface area (Å²) in [5.74, 6) is 2.86. The number of anilines is 2. The zero-order chi connectivity index (χ0) is 25.1. The summed E-state index contributed by atoms with van der Waals surface area (Å²) in [4.78, 5) is 28.2. The SMILES string of the molecule is COc1cc(Nc2nc(-c3ccccc3)nc3c2ncn3CCN2CCCC2=O)cc(OC)c1OC. The lowest BCUT2D eigenvalue weighted by Gasteiger charge is -2.16. The Kier molecular flexibility index (Phi) is 6.57. The molecule has 10 heteroatoms. The molecule has 5 rings (SSSR count). The minimum atomic E-state index is 0.198. The Bertz CT molecular complexity index is 1360. The number of hydrogen-bond donors (Lipinski definition) is 1. The highest BCUT2D eigenvalue weighted by Crippen LogP contribution is 2.41. The Hall–Kier alpha value is -4.34. The molecule has 36 heavy (non-hydrogen) atoms. The molecule has 0 aliphatic carbocycles. The molecule has 0 unspecified atom stereocenters. The fourth-order valence-electron chi connectivity index (χ4n) is 4.37. The van der Waals surface area contributed by atoms with Gasteiger partial charge >= 0.3 is 0 Å². The number of imidazole rings is 1. The van der Waals surface area contributed by atoms with Gasteiger partial charge in [0.25, 0.3) is 0 Å². The Morgan fingerprint density at radius 1 is 0.972 bits per heavy atom. The van der Waals surface area contributed by atoms with Crippen LogP contribution >= 0.6 is 0 Å². The number of likely N-dealkylation sites (tertiary alicyclic amines) is 1. The molecule has 1 aliphatic heterocycles. The second-order valence-corrected chi connectivity index (χ2v) is 8.40. The zero-order valence-electron chi connectivity index (χ0n) is 20.5. The van der Waals surface area contributed by atoms with Crippen molar-refractivity contribution in [1.82, 2.24) is 24.4 Å². The van der Waals surface area contributed by atoms with E-state index in [4.69, 9.17) is 24.2 Å². The second-order valence-electron chi connectivity index (χ2n) is 8.40. The number of ether oxygens (including phenoxy) is 3. The minimum absolute atomic E-state index is 0.198. The number of carbonyl (C=O) groups is 1. The summed E-state index contributed by atoms with van der Waals surface area (Å²) < 4.78 is 18.4. The van der Waals surface area contributed by atoms with E-state index in [-0.39, 0.29) is 5.91 Å². The lowest BCUT2D eigenvalue weighted by Crippen LogP contribution is -2.28. The van der Waals surface area contributed by atoms with E-state index in [1.54, 1.807) is 27.7 Å². The van der Waals surface area contributed by atoms with Crippen molar-refractivity contribution in [1.29, 1.82) is 0 Å². The van der Waals surface area contributed by atoms with E-state index in [1.165, 1.54) is 0 Å². The summed E-state index contributed by atoms with van der Waals surface area (Å²) in [6, 6.07) is 13.4. The van der Waals surface area contributed by atoms with Crippen LogP contribution in [0.1, 0.15) is 12.8 Å². The summed E-state index contributed by atoms with van der Waals surface area (Å²) in [6.45, 7) is 2.01. The molecule has 0 bridgehead atoms. The third kappa shape index (κ3) is 4.49. The number of rotatable bonds is 9. The lowest BCUT2D eigenvalue weighted by molar-refractivity contribution is -0.127. The van der Waals surface area contributed by atoms with Crippen molar-refractivity contribution in [2.75, 3.05) is 39.7 Å². The highest BCUT2D eigenvalue weighted by Gasteiger charge is 2.21. The van der Waals surface area contributed by atoms with E-state index < -0.39 is 0 Å². The highest BCUT2D eigenvalue weighted by molar-refractivity contribution is 5.88. The fourth-order valence-corrected chi connectivity index (χ4v) is 4.37. The van der Waals surface area contributed by atoms with Crippen LogP contribution in [0, 0.1) is 0 Å². The van der Waals surface area contributed by atoms with Crippen LogP contribution in [0.3, 0.4) is 0 Å². The first-order chi connectivity index (χ1) is 17.6. The van der Waals surface area contributed by atoms with Gasteiger partial charge in [0.15, 0.2) is 34.3 Å². The van der Waals surface area contributed by atoms with Crippen molar-refractivity contribution < 1.29 is 19.0 Å². The molecule has 2 aromatic carbocycles. The van der Waals surface area contributed by atoms with Crippen LogP contribution < -0.4 is 19.5 Å². The summed E-state index contributed by atoms with van der Waals surface area (Å²) in [5, 5.41) is 3.37. The van der Waals surface area contributed by atoms with Gasteiger partial charge in [0, 0.05) is 49.4 Å². The molecule has 10 nitrogen and oxygen atoms in total. The maximum absolute atomic E-state index is 12.1. The number of methoxy groups -OCH3 is 3. The summed E-state index contributed by atoms with van der Waals surface area (Å²) in [5.41, 5.74) is 2.89.